The van der Waals surface area contributed by atoms with Gasteiger partial charge in [0.15, 0.2) is 0 Å². The molecule has 7 heteroatoms. The number of rotatable bonds is 3. The third-order valence-electron chi connectivity index (χ3n) is 0.624. The first-order valence-electron chi connectivity index (χ1n) is 1.96. The van der Waals surface area contributed by atoms with Gasteiger partial charge in [0.25, 0.3) is 10.1 Å². The summed E-state index contributed by atoms with van der Waals surface area (Å²) in [6.07, 6.45) is 0. The number of halogens is 1. The topological polar surface area (TPSA) is 89.6 Å². The summed E-state index contributed by atoms with van der Waals surface area (Å²) in [7, 11) is -4.24. The third-order valence-corrected chi connectivity index (χ3v) is 1.90. The fraction of sp³-hybridized carbons (Fsp3) is 1.00. The predicted octanol–water partition coefficient (Wildman–Crippen LogP) is -0.671. The Balaban J connectivity index is 4.14. The molecule has 0 bridgehead atoms. The second-order valence-corrected chi connectivity index (χ2v) is 3.00. The van der Waals surface area contributed by atoms with Gasteiger partial charge in [-0.1, -0.05) is 0 Å². The second-order valence-electron chi connectivity index (χ2n) is 1.27. The largest absolute Gasteiger partial charge is 0.327 e. The van der Waals surface area contributed by atoms with Crippen molar-refractivity contribution in [2.45, 2.75) is 5.44 Å². The summed E-state index contributed by atoms with van der Waals surface area (Å²) >= 11 is 4.63. The highest BCUT2D eigenvalue weighted by molar-refractivity contribution is 7.86. The molecule has 1 atom stereocenters. The standard InChI is InChI=1S/C2H6ClNO4S/c3-8-2(1-4)9(5,6)7/h2H,1,4H2,(H,5,6,7). The Morgan fingerprint density at radius 2 is 2.22 bits per heavy atom. The molecule has 56 valence electrons. The van der Waals surface area contributed by atoms with Crippen molar-refractivity contribution in [2.24, 2.45) is 5.73 Å². The van der Waals surface area contributed by atoms with Crippen molar-refractivity contribution in [1.29, 1.82) is 0 Å². The van der Waals surface area contributed by atoms with Crippen LogP contribution in [0.1, 0.15) is 0 Å². The molecule has 0 amide bonds. The lowest BCUT2D eigenvalue weighted by molar-refractivity contribution is 0.288. The molecule has 0 heterocycles. The van der Waals surface area contributed by atoms with Crippen LogP contribution >= 0.6 is 11.9 Å². The predicted molar refractivity (Wildman–Crippen MR) is 31.3 cm³/mol. The van der Waals surface area contributed by atoms with Gasteiger partial charge in [-0.15, -0.1) is 0 Å². The molecular weight excluding hydrogens is 170 g/mol. The van der Waals surface area contributed by atoms with Crippen LogP contribution in [0.4, 0.5) is 0 Å². The lowest BCUT2D eigenvalue weighted by Gasteiger charge is -2.04. The van der Waals surface area contributed by atoms with Gasteiger partial charge in [-0.3, -0.25) is 8.84 Å². The minimum absolute atomic E-state index is 0.373. The quantitative estimate of drug-likeness (QED) is 0.556. The Morgan fingerprint density at radius 3 is 2.22 bits per heavy atom. The van der Waals surface area contributed by atoms with Crippen LogP contribution in [0.15, 0.2) is 0 Å². The second kappa shape index (κ2) is 3.33. The molecule has 0 saturated carbocycles. The molecule has 1 unspecified atom stereocenters. The zero-order chi connectivity index (χ0) is 7.49. The maximum absolute atomic E-state index is 10.1. The van der Waals surface area contributed by atoms with Crippen molar-refractivity contribution in [3.63, 3.8) is 0 Å². The first kappa shape index (κ1) is 9.12. The first-order chi connectivity index (χ1) is 4.02. The molecule has 0 fully saturated rings. The van der Waals surface area contributed by atoms with E-state index in [9.17, 15) is 8.42 Å². The van der Waals surface area contributed by atoms with Crippen LogP contribution < -0.4 is 5.73 Å². The van der Waals surface area contributed by atoms with Crippen LogP contribution in [0.2, 0.25) is 0 Å². The molecule has 0 saturated heterocycles. The number of nitrogens with two attached hydrogens (primary N) is 1. The molecule has 0 rings (SSSR count). The summed E-state index contributed by atoms with van der Waals surface area (Å²) in [6, 6.07) is 0. The van der Waals surface area contributed by atoms with Gasteiger partial charge in [-0.25, -0.2) is 0 Å². The van der Waals surface area contributed by atoms with Crippen LogP contribution in [0.3, 0.4) is 0 Å². The maximum atomic E-state index is 10.1. The Morgan fingerprint density at radius 1 is 1.78 bits per heavy atom. The highest BCUT2D eigenvalue weighted by Gasteiger charge is 2.21. The molecule has 5 nitrogen and oxygen atoms in total. The fourth-order valence-corrected chi connectivity index (χ4v) is 0.888. The van der Waals surface area contributed by atoms with E-state index in [0.717, 1.165) is 0 Å². The average molecular weight is 176 g/mol. The fourth-order valence-electron chi connectivity index (χ4n) is 0.204. The van der Waals surface area contributed by atoms with Gasteiger partial charge in [0.05, 0.1) is 11.9 Å². The molecule has 0 aromatic carbocycles. The summed E-state index contributed by atoms with van der Waals surface area (Å²) < 4.78 is 32.1. The van der Waals surface area contributed by atoms with Gasteiger partial charge in [-0.05, 0) is 0 Å². The van der Waals surface area contributed by atoms with E-state index >= 15 is 0 Å². The van der Waals surface area contributed by atoms with Crippen LogP contribution in [0.25, 0.3) is 0 Å². The zero-order valence-corrected chi connectivity index (χ0v) is 5.89. The molecule has 9 heavy (non-hydrogen) atoms. The highest BCUT2D eigenvalue weighted by Crippen LogP contribution is 2.00. The Kier molecular flexibility index (Phi) is 3.37. The summed E-state index contributed by atoms with van der Waals surface area (Å²) in [5.41, 5.74) is 3.29. The Labute approximate surface area is 57.7 Å². The van der Waals surface area contributed by atoms with E-state index in [4.69, 9.17) is 10.3 Å². The van der Waals surface area contributed by atoms with Crippen LogP contribution in [0, 0.1) is 0 Å². The highest BCUT2D eigenvalue weighted by atomic mass is 35.5. The first-order valence-corrected chi connectivity index (χ1v) is 3.77. The molecule has 3 N–H and O–H groups in total. The van der Waals surface area contributed by atoms with Crippen molar-refractivity contribution in [2.75, 3.05) is 6.54 Å². The number of hydrogen-bond donors (Lipinski definition) is 2. The summed E-state index contributed by atoms with van der Waals surface area (Å²) in [4.78, 5) is 0. The molecule has 0 aliphatic rings. The zero-order valence-electron chi connectivity index (χ0n) is 4.32. The van der Waals surface area contributed by atoms with E-state index in [1.54, 1.807) is 0 Å². The summed E-state index contributed by atoms with van der Waals surface area (Å²) in [5, 5.41) is 0. The van der Waals surface area contributed by atoms with Gasteiger partial charge < -0.3 is 5.73 Å². The average Bonchev–Trinajstić information content (AvgIpc) is 1.65. The SMILES string of the molecule is NCC(OCl)S(=O)(=O)O. The number of hydrogen-bond acceptors (Lipinski definition) is 4. The van der Waals surface area contributed by atoms with E-state index in [2.05, 4.69) is 16.2 Å². The van der Waals surface area contributed by atoms with Crippen molar-refractivity contribution in [3.05, 3.63) is 0 Å². The van der Waals surface area contributed by atoms with Crippen molar-refractivity contribution in [3.8, 4) is 0 Å². The minimum Gasteiger partial charge on any atom is -0.327 e. The van der Waals surface area contributed by atoms with Gasteiger partial charge in [-0.2, -0.15) is 8.42 Å². The molecule has 0 aromatic rings. The van der Waals surface area contributed by atoms with Crippen molar-refractivity contribution in [1.82, 2.24) is 0 Å². The van der Waals surface area contributed by atoms with Gasteiger partial charge in [0.1, 0.15) is 0 Å². The van der Waals surface area contributed by atoms with Gasteiger partial charge in [0, 0.05) is 6.54 Å². The normalized spacial score (nSPS) is 15.4. The van der Waals surface area contributed by atoms with E-state index in [-0.39, 0.29) is 6.54 Å². The molecule has 0 radical (unpaired) electrons. The maximum Gasteiger partial charge on any atom is 0.295 e. The Bertz CT molecular complexity index is 161. The minimum atomic E-state index is -4.24. The van der Waals surface area contributed by atoms with Gasteiger partial charge >= 0.3 is 0 Å². The van der Waals surface area contributed by atoms with Crippen molar-refractivity contribution >= 4 is 22.0 Å². The van der Waals surface area contributed by atoms with E-state index in [1.165, 1.54) is 0 Å². The Hall–Kier alpha value is 0.120. The molecule has 0 aliphatic heterocycles. The lowest BCUT2D eigenvalue weighted by atomic mass is 10.7. The summed E-state index contributed by atoms with van der Waals surface area (Å²) in [5.74, 6) is 0. The van der Waals surface area contributed by atoms with E-state index in [1.807, 2.05) is 0 Å². The van der Waals surface area contributed by atoms with Crippen LogP contribution in [0.5, 0.6) is 0 Å². The van der Waals surface area contributed by atoms with E-state index in [0.29, 0.717) is 0 Å². The van der Waals surface area contributed by atoms with Crippen LogP contribution in [-0.2, 0) is 14.4 Å². The third kappa shape index (κ3) is 2.97. The molecule has 0 spiro atoms. The lowest BCUT2D eigenvalue weighted by Crippen LogP contribution is -2.29. The molecule has 0 aliphatic carbocycles. The summed E-state index contributed by atoms with van der Waals surface area (Å²) in [6.45, 7) is -0.373. The molecule has 0 aromatic heterocycles. The smallest absolute Gasteiger partial charge is 0.295 e. The van der Waals surface area contributed by atoms with Crippen molar-refractivity contribution < 1.29 is 17.3 Å². The monoisotopic (exact) mass is 175 g/mol. The van der Waals surface area contributed by atoms with Crippen LogP contribution in [-0.4, -0.2) is 25.0 Å². The molecular formula is C2H6ClNO4S. The van der Waals surface area contributed by atoms with E-state index < -0.39 is 15.6 Å². The van der Waals surface area contributed by atoms with Gasteiger partial charge in [0.2, 0.25) is 5.44 Å².